The molecule has 5 rings (SSSR count). The second-order valence-corrected chi connectivity index (χ2v) is 8.93. The van der Waals surface area contributed by atoms with Crippen molar-refractivity contribution in [1.82, 2.24) is 9.88 Å². The highest BCUT2D eigenvalue weighted by Crippen LogP contribution is 2.33. The molecule has 5 nitrogen and oxygen atoms in total. The molecule has 1 aliphatic rings. The van der Waals surface area contributed by atoms with E-state index < -0.39 is 5.63 Å². The number of hydrogen-bond donors (Lipinski definition) is 1. The van der Waals surface area contributed by atoms with E-state index in [1.807, 2.05) is 30.3 Å². The number of rotatable bonds is 3. The molecule has 0 spiro atoms. The van der Waals surface area contributed by atoms with E-state index in [-0.39, 0.29) is 5.75 Å². The Labute approximate surface area is 172 Å². The molecular weight excluding hydrogens is 384 g/mol. The Morgan fingerprint density at radius 1 is 1.28 bits per heavy atom. The quantitative estimate of drug-likeness (QED) is 0.485. The fraction of sp³-hybridized carbons (Fsp3) is 0.304. The van der Waals surface area contributed by atoms with Gasteiger partial charge in [0.2, 0.25) is 0 Å². The third-order valence-corrected chi connectivity index (χ3v) is 6.70. The lowest BCUT2D eigenvalue weighted by molar-refractivity contribution is 0.175. The maximum Gasteiger partial charge on any atom is 0.346 e. The van der Waals surface area contributed by atoms with Crippen molar-refractivity contribution in [3.8, 4) is 16.3 Å². The Morgan fingerprint density at radius 2 is 2.14 bits per heavy atom. The average molecular weight is 407 g/mol. The lowest BCUT2D eigenvalue weighted by atomic mass is 9.99. The van der Waals surface area contributed by atoms with Gasteiger partial charge in [0.25, 0.3) is 0 Å². The molecule has 0 radical (unpaired) electrons. The number of para-hydroxylation sites is 1. The predicted molar refractivity (Wildman–Crippen MR) is 116 cm³/mol. The largest absolute Gasteiger partial charge is 0.507 e. The Balaban J connectivity index is 1.59. The summed E-state index contributed by atoms with van der Waals surface area (Å²) < 4.78 is 6.78. The number of phenols is 1. The van der Waals surface area contributed by atoms with Crippen LogP contribution in [0.3, 0.4) is 0 Å². The summed E-state index contributed by atoms with van der Waals surface area (Å²) in [5, 5.41) is 11.9. The van der Waals surface area contributed by atoms with Gasteiger partial charge < -0.3 is 9.52 Å². The number of piperidine rings is 1. The van der Waals surface area contributed by atoms with Crippen LogP contribution in [0.4, 0.5) is 0 Å². The minimum atomic E-state index is -0.421. The average Bonchev–Trinajstić information content (AvgIpc) is 3.14. The van der Waals surface area contributed by atoms with E-state index in [2.05, 4.69) is 16.8 Å². The van der Waals surface area contributed by atoms with Crippen molar-refractivity contribution in [1.29, 1.82) is 0 Å². The minimum Gasteiger partial charge on any atom is -0.507 e. The molecule has 29 heavy (non-hydrogen) atoms. The molecule has 0 unspecified atom stereocenters. The summed E-state index contributed by atoms with van der Waals surface area (Å²) in [4.78, 5) is 19.7. The third kappa shape index (κ3) is 3.43. The second kappa shape index (κ2) is 7.28. The Hall–Kier alpha value is -2.70. The molecule has 6 heteroatoms. The van der Waals surface area contributed by atoms with Crippen LogP contribution in [0.15, 0.2) is 51.7 Å². The summed E-state index contributed by atoms with van der Waals surface area (Å²) in [6, 6.07) is 13.2. The van der Waals surface area contributed by atoms with Crippen LogP contribution in [-0.2, 0) is 6.54 Å². The number of phenolic OH excluding ortho intramolecular Hbond substituents is 1. The fourth-order valence-electron chi connectivity index (χ4n) is 4.18. The first-order valence-electron chi connectivity index (χ1n) is 9.95. The molecule has 0 amide bonds. The van der Waals surface area contributed by atoms with Crippen molar-refractivity contribution >= 4 is 32.5 Å². The van der Waals surface area contributed by atoms with Crippen LogP contribution in [0.25, 0.3) is 31.8 Å². The maximum atomic E-state index is 12.8. The third-order valence-electron chi connectivity index (χ3n) is 5.63. The highest BCUT2D eigenvalue weighted by molar-refractivity contribution is 7.21. The normalized spacial score (nSPS) is 17.9. The van der Waals surface area contributed by atoms with Crippen LogP contribution in [0.2, 0.25) is 0 Å². The SMILES string of the molecule is C[C@H]1CCCN(Cc2c(O)ccc3cc(-c4nc5ccccc5s4)c(=O)oc23)C1. The number of hydrogen-bond acceptors (Lipinski definition) is 6. The van der Waals surface area contributed by atoms with Crippen molar-refractivity contribution < 1.29 is 9.52 Å². The van der Waals surface area contributed by atoms with Crippen LogP contribution in [0.5, 0.6) is 5.75 Å². The highest BCUT2D eigenvalue weighted by atomic mass is 32.1. The first kappa shape index (κ1) is 18.3. The van der Waals surface area contributed by atoms with E-state index >= 15 is 0 Å². The fourth-order valence-corrected chi connectivity index (χ4v) is 5.14. The molecule has 2 aromatic heterocycles. The van der Waals surface area contributed by atoms with Crippen LogP contribution < -0.4 is 5.63 Å². The molecule has 1 saturated heterocycles. The summed E-state index contributed by atoms with van der Waals surface area (Å²) >= 11 is 1.48. The number of nitrogens with zero attached hydrogens (tertiary/aromatic N) is 2. The van der Waals surface area contributed by atoms with Gasteiger partial charge in [0, 0.05) is 18.5 Å². The number of aromatic hydroxyl groups is 1. The smallest absolute Gasteiger partial charge is 0.346 e. The van der Waals surface area contributed by atoms with Gasteiger partial charge in [0.1, 0.15) is 16.3 Å². The van der Waals surface area contributed by atoms with Gasteiger partial charge in [0.05, 0.1) is 21.3 Å². The van der Waals surface area contributed by atoms with Gasteiger partial charge in [0.15, 0.2) is 0 Å². The summed E-state index contributed by atoms with van der Waals surface area (Å²) in [5.41, 5.74) is 2.07. The first-order chi connectivity index (χ1) is 14.1. The van der Waals surface area contributed by atoms with Crippen LogP contribution in [-0.4, -0.2) is 28.1 Å². The van der Waals surface area contributed by atoms with E-state index in [1.54, 1.807) is 12.1 Å². The van der Waals surface area contributed by atoms with E-state index in [4.69, 9.17) is 4.42 Å². The van der Waals surface area contributed by atoms with Crippen molar-refractivity contribution in [2.75, 3.05) is 13.1 Å². The molecule has 148 valence electrons. The molecular formula is C23H22N2O3S. The van der Waals surface area contributed by atoms with Crippen molar-refractivity contribution in [2.45, 2.75) is 26.3 Å². The molecule has 0 saturated carbocycles. The Bertz CT molecular complexity index is 1230. The van der Waals surface area contributed by atoms with Gasteiger partial charge in [-0.3, -0.25) is 4.90 Å². The number of aromatic nitrogens is 1. The highest BCUT2D eigenvalue weighted by Gasteiger charge is 2.21. The summed E-state index contributed by atoms with van der Waals surface area (Å²) in [5.74, 6) is 0.810. The zero-order chi connectivity index (χ0) is 20.0. The topological polar surface area (TPSA) is 66.6 Å². The lowest BCUT2D eigenvalue weighted by Crippen LogP contribution is -2.33. The Kier molecular flexibility index (Phi) is 4.60. The number of thiazole rings is 1. The number of fused-ring (bicyclic) bond motifs is 2. The zero-order valence-electron chi connectivity index (χ0n) is 16.2. The molecule has 4 aromatic rings. The molecule has 0 bridgehead atoms. The zero-order valence-corrected chi connectivity index (χ0v) is 17.0. The van der Waals surface area contributed by atoms with E-state index in [0.29, 0.717) is 34.2 Å². The van der Waals surface area contributed by atoms with E-state index in [9.17, 15) is 9.90 Å². The minimum absolute atomic E-state index is 0.173. The molecule has 1 atom stereocenters. The van der Waals surface area contributed by atoms with Gasteiger partial charge in [-0.25, -0.2) is 9.78 Å². The number of benzene rings is 2. The van der Waals surface area contributed by atoms with E-state index in [0.717, 1.165) is 35.1 Å². The van der Waals surface area contributed by atoms with Crippen LogP contribution >= 0.6 is 11.3 Å². The van der Waals surface area contributed by atoms with Gasteiger partial charge in [-0.15, -0.1) is 11.3 Å². The molecule has 3 heterocycles. The van der Waals surface area contributed by atoms with E-state index in [1.165, 1.54) is 17.8 Å². The summed E-state index contributed by atoms with van der Waals surface area (Å²) in [7, 11) is 0. The summed E-state index contributed by atoms with van der Waals surface area (Å²) in [6.07, 6.45) is 2.39. The van der Waals surface area contributed by atoms with Crippen molar-refractivity contribution in [3.63, 3.8) is 0 Å². The summed E-state index contributed by atoms with van der Waals surface area (Å²) in [6.45, 7) is 4.81. The van der Waals surface area contributed by atoms with Crippen LogP contribution in [0.1, 0.15) is 25.3 Å². The molecule has 1 fully saturated rings. The molecule has 2 aromatic carbocycles. The van der Waals surface area contributed by atoms with Gasteiger partial charge in [-0.05, 0) is 55.6 Å². The second-order valence-electron chi connectivity index (χ2n) is 7.90. The standard InChI is InChI=1S/C23H22N2O3S/c1-14-5-4-10-25(12-14)13-17-19(26)9-8-15-11-16(23(27)28-21(15)17)22-24-18-6-2-3-7-20(18)29-22/h2-3,6-9,11,14,26H,4-5,10,12-13H2,1H3/t14-/m0/s1. The Morgan fingerprint density at radius 3 is 2.97 bits per heavy atom. The molecule has 0 aliphatic carbocycles. The lowest BCUT2D eigenvalue weighted by Gasteiger charge is -2.31. The van der Waals surface area contributed by atoms with Crippen LogP contribution in [0, 0.1) is 5.92 Å². The molecule has 1 aliphatic heterocycles. The number of likely N-dealkylation sites (tertiary alicyclic amines) is 1. The van der Waals surface area contributed by atoms with Gasteiger partial charge in [-0.2, -0.15) is 0 Å². The first-order valence-corrected chi connectivity index (χ1v) is 10.8. The predicted octanol–water partition coefficient (Wildman–Crippen LogP) is 5.01. The monoisotopic (exact) mass is 406 g/mol. The van der Waals surface area contributed by atoms with Gasteiger partial charge in [-0.1, -0.05) is 19.1 Å². The van der Waals surface area contributed by atoms with Crippen molar-refractivity contribution in [2.24, 2.45) is 5.92 Å². The maximum absolute atomic E-state index is 12.8. The van der Waals surface area contributed by atoms with Gasteiger partial charge >= 0.3 is 5.63 Å². The van der Waals surface area contributed by atoms with Crippen molar-refractivity contribution in [3.05, 3.63) is 58.4 Å². The molecule has 1 N–H and O–H groups in total.